The summed E-state index contributed by atoms with van der Waals surface area (Å²) < 4.78 is 11.0. The zero-order valence-corrected chi connectivity index (χ0v) is 11.4. The van der Waals surface area contributed by atoms with Gasteiger partial charge in [0.2, 0.25) is 0 Å². The van der Waals surface area contributed by atoms with E-state index in [-0.39, 0.29) is 0 Å². The van der Waals surface area contributed by atoms with Crippen molar-refractivity contribution in [2.75, 3.05) is 32.9 Å². The van der Waals surface area contributed by atoms with Crippen LogP contribution in [0, 0.1) is 0 Å². The van der Waals surface area contributed by atoms with Crippen molar-refractivity contribution in [3.8, 4) is 5.75 Å². The summed E-state index contributed by atoms with van der Waals surface area (Å²) in [4.78, 5) is 0. The Morgan fingerprint density at radius 2 is 1.67 bits per heavy atom. The fraction of sp³-hybridized carbons (Fsp3) is 0.600. The second kappa shape index (κ2) is 11.1. The van der Waals surface area contributed by atoms with Crippen LogP contribution >= 0.6 is 0 Å². The summed E-state index contributed by atoms with van der Waals surface area (Å²) >= 11 is 0. The molecule has 1 aromatic carbocycles. The normalized spacial score (nSPS) is 10.5. The fourth-order valence-corrected chi connectivity index (χ4v) is 1.57. The van der Waals surface area contributed by atoms with Crippen LogP contribution in [-0.2, 0) is 4.74 Å². The van der Waals surface area contributed by atoms with Crippen LogP contribution in [0.4, 0.5) is 0 Å². The number of hydrogen-bond donors (Lipinski definition) is 1. The molecule has 102 valence electrons. The van der Waals surface area contributed by atoms with E-state index < -0.39 is 0 Å². The molecule has 0 aliphatic heterocycles. The summed E-state index contributed by atoms with van der Waals surface area (Å²) in [7, 11) is 0. The quantitative estimate of drug-likeness (QED) is 0.613. The van der Waals surface area contributed by atoms with Crippen LogP contribution in [-0.4, -0.2) is 32.9 Å². The van der Waals surface area contributed by atoms with E-state index in [0.717, 1.165) is 57.9 Å². The molecule has 0 bridgehead atoms. The second-order valence-corrected chi connectivity index (χ2v) is 4.23. The first-order valence-electron chi connectivity index (χ1n) is 6.90. The summed E-state index contributed by atoms with van der Waals surface area (Å²) in [6.07, 6.45) is 3.22. The van der Waals surface area contributed by atoms with Crippen LogP contribution in [0.1, 0.15) is 26.2 Å². The van der Waals surface area contributed by atoms with Gasteiger partial charge in [0.1, 0.15) is 5.75 Å². The van der Waals surface area contributed by atoms with Gasteiger partial charge in [0.15, 0.2) is 0 Å². The average Bonchev–Trinajstić information content (AvgIpc) is 2.42. The highest BCUT2D eigenvalue weighted by Gasteiger charge is 1.92. The molecule has 1 N–H and O–H groups in total. The lowest BCUT2D eigenvalue weighted by molar-refractivity contribution is 0.132. The number of nitrogens with one attached hydrogen (secondary N) is 1. The molecule has 0 unspecified atom stereocenters. The first-order chi connectivity index (χ1) is 8.93. The molecule has 18 heavy (non-hydrogen) atoms. The van der Waals surface area contributed by atoms with Gasteiger partial charge < -0.3 is 14.8 Å². The molecule has 0 aliphatic carbocycles. The molecule has 0 fully saturated rings. The van der Waals surface area contributed by atoms with Gasteiger partial charge in [-0.25, -0.2) is 0 Å². The first-order valence-corrected chi connectivity index (χ1v) is 6.90. The smallest absolute Gasteiger partial charge is 0.119 e. The van der Waals surface area contributed by atoms with Gasteiger partial charge in [0.25, 0.3) is 0 Å². The van der Waals surface area contributed by atoms with Crippen LogP contribution in [0.15, 0.2) is 30.3 Å². The zero-order valence-electron chi connectivity index (χ0n) is 11.4. The fourth-order valence-electron chi connectivity index (χ4n) is 1.57. The van der Waals surface area contributed by atoms with Crippen molar-refractivity contribution in [1.29, 1.82) is 0 Å². The molecule has 0 amide bonds. The molecule has 1 rings (SSSR count). The van der Waals surface area contributed by atoms with Gasteiger partial charge in [0, 0.05) is 13.2 Å². The predicted octanol–water partition coefficient (Wildman–Crippen LogP) is 2.86. The first kappa shape index (κ1) is 15.0. The topological polar surface area (TPSA) is 30.5 Å². The van der Waals surface area contributed by atoms with E-state index in [0.29, 0.717) is 0 Å². The zero-order chi connectivity index (χ0) is 12.9. The molecular weight excluding hydrogens is 226 g/mol. The minimum atomic E-state index is 0.767. The van der Waals surface area contributed by atoms with Crippen molar-refractivity contribution in [2.45, 2.75) is 26.2 Å². The Balaban J connectivity index is 1.82. The van der Waals surface area contributed by atoms with Crippen molar-refractivity contribution in [2.24, 2.45) is 0 Å². The Labute approximate surface area is 110 Å². The van der Waals surface area contributed by atoms with Crippen molar-refractivity contribution >= 4 is 0 Å². The van der Waals surface area contributed by atoms with E-state index in [9.17, 15) is 0 Å². The van der Waals surface area contributed by atoms with E-state index in [1.54, 1.807) is 0 Å². The SMILES string of the molecule is CCCOCCCNCCCOc1ccccc1. The van der Waals surface area contributed by atoms with Gasteiger partial charge in [-0.05, 0) is 44.5 Å². The van der Waals surface area contributed by atoms with E-state index in [4.69, 9.17) is 9.47 Å². The third-order valence-corrected chi connectivity index (χ3v) is 2.50. The molecular formula is C15H25NO2. The lowest BCUT2D eigenvalue weighted by Gasteiger charge is -2.07. The molecule has 0 radical (unpaired) electrons. The standard InChI is InChI=1S/C15H25NO2/c1-2-12-17-13-6-10-16-11-7-14-18-15-8-4-3-5-9-15/h3-5,8-9,16H,2,6-7,10-14H2,1H3. The van der Waals surface area contributed by atoms with Crippen LogP contribution in [0.2, 0.25) is 0 Å². The molecule has 0 heterocycles. The van der Waals surface area contributed by atoms with E-state index in [1.807, 2.05) is 30.3 Å². The summed E-state index contributed by atoms with van der Waals surface area (Å²) in [6, 6.07) is 9.94. The Morgan fingerprint density at radius 1 is 0.944 bits per heavy atom. The molecule has 0 aromatic heterocycles. The van der Waals surface area contributed by atoms with Crippen LogP contribution < -0.4 is 10.1 Å². The van der Waals surface area contributed by atoms with Gasteiger partial charge in [0.05, 0.1) is 6.61 Å². The summed E-state index contributed by atoms with van der Waals surface area (Å²) in [5.74, 6) is 0.950. The van der Waals surface area contributed by atoms with Gasteiger partial charge >= 0.3 is 0 Å². The highest BCUT2D eigenvalue weighted by molar-refractivity contribution is 5.20. The number of para-hydroxylation sites is 1. The third-order valence-electron chi connectivity index (χ3n) is 2.50. The van der Waals surface area contributed by atoms with Crippen LogP contribution in [0.25, 0.3) is 0 Å². The highest BCUT2D eigenvalue weighted by Crippen LogP contribution is 2.07. The molecule has 0 atom stereocenters. The Morgan fingerprint density at radius 3 is 2.39 bits per heavy atom. The number of benzene rings is 1. The van der Waals surface area contributed by atoms with Crippen LogP contribution in [0.5, 0.6) is 5.75 Å². The maximum Gasteiger partial charge on any atom is 0.119 e. The van der Waals surface area contributed by atoms with Gasteiger partial charge in [-0.2, -0.15) is 0 Å². The van der Waals surface area contributed by atoms with Crippen molar-refractivity contribution in [1.82, 2.24) is 5.32 Å². The minimum Gasteiger partial charge on any atom is -0.494 e. The van der Waals surface area contributed by atoms with E-state index in [2.05, 4.69) is 12.2 Å². The number of ether oxygens (including phenoxy) is 2. The number of rotatable bonds is 11. The summed E-state index contributed by atoms with van der Waals surface area (Å²) in [5, 5.41) is 3.39. The molecule has 0 aliphatic rings. The highest BCUT2D eigenvalue weighted by atomic mass is 16.5. The molecule has 0 saturated carbocycles. The Bertz CT molecular complexity index is 277. The molecule has 1 aromatic rings. The van der Waals surface area contributed by atoms with E-state index >= 15 is 0 Å². The summed E-state index contributed by atoms with van der Waals surface area (Å²) in [6.45, 7) is 6.66. The largest absolute Gasteiger partial charge is 0.494 e. The van der Waals surface area contributed by atoms with Crippen LogP contribution in [0.3, 0.4) is 0 Å². The molecule has 0 saturated heterocycles. The maximum absolute atomic E-state index is 5.60. The van der Waals surface area contributed by atoms with Gasteiger partial charge in [-0.1, -0.05) is 25.1 Å². The Kier molecular flexibility index (Phi) is 9.21. The maximum atomic E-state index is 5.60. The monoisotopic (exact) mass is 251 g/mol. The lowest BCUT2D eigenvalue weighted by Crippen LogP contribution is -2.20. The van der Waals surface area contributed by atoms with E-state index in [1.165, 1.54) is 0 Å². The second-order valence-electron chi connectivity index (χ2n) is 4.23. The lowest BCUT2D eigenvalue weighted by atomic mass is 10.3. The van der Waals surface area contributed by atoms with Crippen molar-refractivity contribution in [3.05, 3.63) is 30.3 Å². The molecule has 3 heteroatoms. The average molecular weight is 251 g/mol. The third kappa shape index (κ3) is 8.09. The number of hydrogen-bond acceptors (Lipinski definition) is 3. The minimum absolute atomic E-state index is 0.767. The van der Waals surface area contributed by atoms with Crippen molar-refractivity contribution < 1.29 is 9.47 Å². The molecule has 0 spiro atoms. The summed E-state index contributed by atoms with van der Waals surface area (Å²) in [5.41, 5.74) is 0. The Hall–Kier alpha value is -1.06. The van der Waals surface area contributed by atoms with Crippen molar-refractivity contribution in [3.63, 3.8) is 0 Å². The predicted molar refractivity (Wildman–Crippen MR) is 75.2 cm³/mol. The van der Waals surface area contributed by atoms with Gasteiger partial charge in [-0.15, -0.1) is 0 Å². The molecule has 3 nitrogen and oxygen atoms in total. The van der Waals surface area contributed by atoms with Gasteiger partial charge in [-0.3, -0.25) is 0 Å².